The quantitative estimate of drug-likeness (QED) is 0.439. The van der Waals surface area contributed by atoms with E-state index in [1.54, 1.807) is 0 Å². The van der Waals surface area contributed by atoms with Crippen molar-refractivity contribution in [2.24, 2.45) is 0 Å². The zero-order valence-electron chi connectivity index (χ0n) is 17.3. The first-order chi connectivity index (χ1) is 15.3. The van der Waals surface area contributed by atoms with Crippen molar-refractivity contribution in [3.05, 3.63) is 144 Å². The number of Topliss-reactive ketones (excluding diaryl/α,β-unsaturated/α-hetero) is 1. The number of hydrogen-bond donors (Lipinski definition) is 1. The predicted octanol–water partition coefficient (Wildman–Crippen LogP) is 6.21. The van der Waals surface area contributed by atoms with Crippen LogP contribution in [0.1, 0.15) is 46.2 Å². The molecule has 4 aromatic carbocycles. The lowest BCUT2D eigenvalue weighted by Crippen LogP contribution is -2.46. The Balaban J connectivity index is 1.67. The molecule has 4 atom stereocenters. The number of rotatable bonds is 4. The van der Waals surface area contributed by atoms with Crippen LogP contribution in [0.25, 0.3) is 0 Å². The number of ketones is 1. The summed E-state index contributed by atoms with van der Waals surface area (Å²) in [7, 11) is 0. The van der Waals surface area contributed by atoms with E-state index >= 15 is 0 Å². The van der Waals surface area contributed by atoms with E-state index in [9.17, 15) is 4.79 Å². The lowest BCUT2D eigenvalue weighted by molar-refractivity contribution is -0.125. The zero-order chi connectivity index (χ0) is 21.0. The first-order valence-corrected chi connectivity index (χ1v) is 10.8. The zero-order valence-corrected chi connectivity index (χ0v) is 17.3. The molecule has 1 saturated heterocycles. The Morgan fingerprint density at radius 3 is 1.03 bits per heavy atom. The highest BCUT2D eigenvalue weighted by molar-refractivity contribution is 5.94. The van der Waals surface area contributed by atoms with E-state index in [0.29, 0.717) is 0 Å². The van der Waals surface area contributed by atoms with Crippen molar-refractivity contribution in [2.45, 2.75) is 23.9 Å². The third-order valence-electron chi connectivity index (χ3n) is 6.27. The van der Waals surface area contributed by atoms with E-state index in [1.165, 1.54) is 0 Å². The van der Waals surface area contributed by atoms with E-state index in [4.69, 9.17) is 0 Å². The summed E-state index contributed by atoms with van der Waals surface area (Å²) >= 11 is 0. The fourth-order valence-corrected chi connectivity index (χ4v) is 4.84. The Labute approximate surface area is 183 Å². The standard InChI is InChI=1S/C29H25NO/c31-29-25(21-13-5-1-6-14-21)27(23-17-9-3-10-18-23)30-28(24-19-11-4-12-20-24)26(29)22-15-7-2-8-16-22/h1-20,25-28,30H/t25-,26+,27-,28-/m0/s1. The topological polar surface area (TPSA) is 29.1 Å². The molecule has 0 aliphatic carbocycles. The Morgan fingerprint density at radius 1 is 0.419 bits per heavy atom. The molecule has 31 heavy (non-hydrogen) atoms. The predicted molar refractivity (Wildman–Crippen MR) is 125 cm³/mol. The number of carbonyl (C=O) groups excluding carboxylic acids is 1. The van der Waals surface area contributed by atoms with Crippen LogP contribution in [-0.2, 0) is 4.79 Å². The minimum Gasteiger partial charge on any atom is -0.301 e. The van der Waals surface area contributed by atoms with Gasteiger partial charge in [-0.15, -0.1) is 0 Å². The molecule has 1 heterocycles. The van der Waals surface area contributed by atoms with Crippen LogP contribution in [0.2, 0.25) is 0 Å². The molecule has 1 aliphatic rings. The van der Waals surface area contributed by atoms with Gasteiger partial charge < -0.3 is 5.32 Å². The van der Waals surface area contributed by atoms with Crippen LogP contribution in [0.4, 0.5) is 0 Å². The van der Waals surface area contributed by atoms with Gasteiger partial charge >= 0.3 is 0 Å². The highest BCUT2D eigenvalue weighted by atomic mass is 16.1. The van der Waals surface area contributed by atoms with Crippen molar-refractivity contribution >= 4 is 5.78 Å². The molecule has 0 bridgehead atoms. The second-order valence-corrected chi connectivity index (χ2v) is 8.12. The Kier molecular flexibility index (Phi) is 5.47. The lowest BCUT2D eigenvalue weighted by Gasteiger charge is -2.42. The lowest BCUT2D eigenvalue weighted by atomic mass is 9.70. The molecule has 152 valence electrons. The van der Waals surface area contributed by atoms with Crippen LogP contribution in [0.3, 0.4) is 0 Å². The molecule has 0 radical (unpaired) electrons. The molecule has 5 rings (SSSR count). The third kappa shape index (κ3) is 3.83. The molecule has 0 aromatic heterocycles. The molecule has 2 nitrogen and oxygen atoms in total. The Morgan fingerprint density at radius 2 is 0.710 bits per heavy atom. The minimum absolute atomic E-state index is 0.0960. The number of carbonyl (C=O) groups is 1. The third-order valence-corrected chi connectivity index (χ3v) is 6.27. The maximum absolute atomic E-state index is 14.3. The van der Waals surface area contributed by atoms with Gasteiger partial charge in [0.25, 0.3) is 0 Å². The van der Waals surface area contributed by atoms with Crippen molar-refractivity contribution in [1.82, 2.24) is 5.32 Å². The summed E-state index contributed by atoms with van der Waals surface area (Å²) in [6.07, 6.45) is 0. The van der Waals surface area contributed by atoms with Gasteiger partial charge in [0.1, 0.15) is 0 Å². The molecule has 0 spiro atoms. The van der Waals surface area contributed by atoms with E-state index in [1.807, 2.05) is 72.8 Å². The highest BCUT2D eigenvalue weighted by Gasteiger charge is 2.45. The summed E-state index contributed by atoms with van der Waals surface area (Å²) in [5.41, 5.74) is 4.39. The summed E-state index contributed by atoms with van der Waals surface area (Å²) in [4.78, 5) is 14.3. The van der Waals surface area contributed by atoms with Crippen LogP contribution in [0.5, 0.6) is 0 Å². The van der Waals surface area contributed by atoms with Gasteiger partial charge in [0.05, 0.1) is 11.8 Å². The van der Waals surface area contributed by atoms with Crippen molar-refractivity contribution < 1.29 is 4.79 Å². The Bertz CT molecular complexity index is 1040. The van der Waals surface area contributed by atoms with Gasteiger partial charge in [-0.25, -0.2) is 0 Å². The van der Waals surface area contributed by atoms with Gasteiger partial charge in [0.15, 0.2) is 5.78 Å². The molecule has 2 heteroatoms. The monoisotopic (exact) mass is 403 g/mol. The second kappa shape index (κ2) is 8.71. The summed E-state index contributed by atoms with van der Waals surface area (Å²) in [5.74, 6) is -0.249. The van der Waals surface area contributed by atoms with E-state index in [-0.39, 0.29) is 29.7 Å². The van der Waals surface area contributed by atoms with Gasteiger partial charge in [-0.1, -0.05) is 121 Å². The molecule has 0 amide bonds. The maximum atomic E-state index is 14.3. The maximum Gasteiger partial charge on any atom is 0.151 e. The van der Waals surface area contributed by atoms with Gasteiger partial charge in [0.2, 0.25) is 0 Å². The van der Waals surface area contributed by atoms with Gasteiger partial charge in [0, 0.05) is 12.1 Å². The van der Waals surface area contributed by atoms with Crippen LogP contribution in [-0.4, -0.2) is 5.78 Å². The normalized spacial score (nSPS) is 23.4. The van der Waals surface area contributed by atoms with Crippen LogP contribution in [0.15, 0.2) is 121 Å². The van der Waals surface area contributed by atoms with Crippen LogP contribution < -0.4 is 5.32 Å². The first-order valence-electron chi connectivity index (χ1n) is 10.8. The smallest absolute Gasteiger partial charge is 0.151 e. The van der Waals surface area contributed by atoms with Crippen LogP contribution in [0, 0.1) is 0 Å². The Hall–Kier alpha value is -3.49. The minimum atomic E-state index is -0.256. The van der Waals surface area contributed by atoms with E-state index in [0.717, 1.165) is 22.3 Å². The fraction of sp³-hybridized carbons (Fsp3) is 0.138. The van der Waals surface area contributed by atoms with Crippen molar-refractivity contribution in [3.63, 3.8) is 0 Å². The molecular formula is C29H25NO. The molecule has 0 saturated carbocycles. The van der Waals surface area contributed by atoms with Crippen molar-refractivity contribution in [1.29, 1.82) is 0 Å². The summed E-state index contributed by atoms with van der Waals surface area (Å²) < 4.78 is 0. The van der Waals surface area contributed by atoms with Crippen molar-refractivity contribution in [3.8, 4) is 0 Å². The average molecular weight is 404 g/mol. The number of benzene rings is 4. The summed E-state index contributed by atoms with van der Waals surface area (Å²) in [6, 6.07) is 40.9. The van der Waals surface area contributed by atoms with Gasteiger partial charge in [-0.05, 0) is 22.3 Å². The summed E-state index contributed by atoms with van der Waals surface area (Å²) in [6.45, 7) is 0. The molecule has 0 unspecified atom stereocenters. The average Bonchev–Trinajstić information content (AvgIpc) is 2.85. The van der Waals surface area contributed by atoms with Crippen LogP contribution >= 0.6 is 0 Å². The largest absolute Gasteiger partial charge is 0.301 e. The molecule has 1 N–H and O–H groups in total. The summed E-state index contributed by atoms with van der Waals surface area (Å²) in [5, 5.41) is 3.89. The van der Waals surface area contributed by atoms with Crippen molar-refractivity contribution in [2.75, 3.05) is 0 Å². The van der Waals surface area contributed by atoms with E-state index in [2.05, 4.69) is 53.8 Å². The second-order valence-electron chi connectivity index (χ2n) is 8.12. The van der Waals surface area contributed by atoms with Gasteiger partial charge in [-0.3, -0.25) is 4.79 Å². The fourth-order valence-electron chi connectivity index (χ4n) is 4.84. The molecule has 1 aliphatic heterocycles. The SMILES string of the molecule is O=C1[C@H](c2ccccc2)[C@H](c2ccccc2)N[C@@H](c2ccccc2)[C@@H]1c1ccccc1. The first kappa shape index (κ1) is 19.5. The number of hydrogen-bond acceptors (Lipinski definition) is 2. The number of nitrogens with one attached hydrogen (secondary N) is 1. The van der Waals surface area contributed by atoms with E-state index < -0.39 is 0 Å². The van der Waals surface area contributed by atoms with Gasteiger partial charge in [-0.2, -0.15) is 0 Å². The molecule has 1 fully saturated rings. The molecule has 4 aromatic rings. The molecular weight excluding hydrogens is 378 g/mol. The highest BCUT2D eigenvalue weighted by Crippen LogP contribution is 2.47. The number of piperidine rings is 1.